The first-order valence-electron chi connectivity index (χ1n) is 7.39. The fraction of sp³-hybridized carbons (Fsp3) is 0.588. The third-order valence-electron chi connectivity index (χ3n) is 3.90. The van der Waals surface area contributed by atoms with E-state index in [0.29, 0.717) is 29.8 Å². The summed E-state index contributed by atoms with van der Waals surface area (Å²) in [5.41, 5.74) is 6.67. The molecule has 0 radical (unpaired) electrons. The van der Waals surface area contributed by atoms with Crippen molar-refractivity contribution < 1.29 is 9.18 Å². The summed E-state index contributed by atoms with van der Waals surface area (Å²) < 4.78 is 13.6. The Bertz CT molecular complexity index is 482. The Balaban J connectivity index is 2.54. The van der Waals surface area contributed by atoms with Crippen LogP contribution in [-0.4, -0.2) is 12.3 Å². The third-order valence-corrected chi connectivity index (χ3v) is 4.50. The zero-order valence-electron chi connectivity index (χ0n) is 13.1. The molecule has 0 saturated carbocycles. The van der Waals surface area contributed by atoms with Gasteiger partial charge >= 0.3 is 0 Å². The standard InChI is InChI=1S/C17H25BrFNO/c1-17(2,3)13(8-9-20)5-6-14(21)10-12-4-7-16(19)15(18)11-12/h4,7,11,13H,5-6,8-10,20H2,1-3H3. The van der Waals surface area contributed by atoms with E-state index >= 15 is 0 Å². The Morgan fingerprint density at radius 2 is 2.00 bits per heavy atom. The maximum absolute atomic E-state index is 13.2. The highest BCUT2D eigenvalue weighted by Gasteiger charge is 2.24. The zero-order valence-corrected chi connectivity index (χ0v) is 14.7. The predicted molar refractivity (Wildman–Crippen MR) is 88.7 cm³/mol. The number of hydrogen-bond acceptors (Lipinski definition) is 2. The molecule has 0 fully saturated rings. The molecule has 0 aromatic heterocycles. The molecule has 0 aliphatic rings. The molecule has 2 N–H and O–H groups in total. The lowest BCUT2D eigenvalue weighted by Crippen LogP contribution is -2.24. The molecule has 0 bridgehead atoms. The molecule has 0 amide bonds. The summed E-state index contributed by atoms with van der Waals surface area (Å²) in [6.45, 7) is 7.22. The Labute approximate surface area is 135 Å². The normalized spacial score (nSPS) is 13.2. The molecule has 4 heteroatoms. The summed E-state index contributed by atoms with van der Waals surface area (Å²) in [7, 11) is 0. The number of halogens is 2. The van der Waals surface area contributed by atoms with Gasteiger partial charge in [-0.15, -0.1) is 0 Å². The summed E-state index contributed by atoms with van der Waals surface area (Å²) in [5, 5.41) is 0. The molecular weight excluding hydrogens is 333 g/mol. The minimum atomic E-state index is -0.304. The van der Waals surface area contributed by atoms with Crippen LogP contribution in [0, 0.1) is 17.2 Å². The van der Waals surface area contributed by atoms with E-state index in [2.05, 4.69) is 36.7 Å². The molecule has 1 atom stereocenters. The number of ketones is 1. The highest BCUT2D eigenvalue weighted by atomic mass is 79.9. The van der Waals surface area contributed by atoms with E-state index in [1.54, 1.807) is 12.1 Å². The number of rotatable bonds is 7. The van der Waals surface area contributed by atoms with Gasteiger partial charge in [0, 0.05) is 12.8 Å². The maximum atomic E-state index is 13.2. The highest BCUT2D eigenvalue weighted by molar-refractivity contribution is 9.10. The average molecular weight is 358 g/mol. The summed E-state index contributed by atoms with van der Waals surface area (Å²) in [6.07, 6.45) is 2.72. The van der Waals surface area contributed by atoms with E-state index in [1.807, 2.05) is 0 Å². The lowest BCUT2D eigenvalue weighted by Gasteiger charge is -2.30. The van der Waals surface area contributed by atoms with Crippen LogP contribution in [0.2, 0.25) is 0 Å². The first-order chi connectivity index (χ1) is 9.74. The van der Waals surface area contributed by atoms with Crippen LogP contribution in [0.4, 0.5) is 4.39 Å². The molecule has 1 aromatic carbocycles. The molecule has 0 aliphatic carbocycles. The number of carbonyl (C=O) groups is 1. The fourth-order valence-corrected chi connectivity index (χ4v) is 2.94. The van der Waals surface area contributed by atoms with Crippen molar-refractivity contribution in [1.82, 2.24) is 0 Å². The van der Waals surface area contributed by atoms with Crippen molar-refractivity contribution in [3.05, 3.63) is 34.1 Å². The lowest BCUT2D eigenvalue weighted by molar-refractivity contribution is -0.118. The molecule has 1 aromatic rings. The number of nitrogens with two attached hydrogens (primary N) is 1. The molecule has 0 saturated heterocycles. The van der Waals surface area contributed by atoms with E-state index < -0.39 is 0 Å². The number of carbonyl (C=O) groups excluding carboxylic acids is 1. The summed E-state index contributed by atoms with van der Waals surface area (Å²) >= 11 is 3.14. The minimum absolute atomic E-state index is 0.165. The van der Waals surface area contributed by atoms with Crippen molar-refractivity contribution in [2.75, 3.05) is 6.54 Å². The van der Waals surface area contributed by atoms with Gasteiger partial charge in [0.2, 0.25) is 0 Å². The Morgan fingerprint density at radius 3 is 2.52 bits per heavy atom. The second kappa shape index (κ2) is 8.04. The largest absolute Gasteiger partial charge is 0.330 e. The topological polar surface area (TPSA) is 43.1 Å². The van der Waals surface area contributed by atoms with Crippen LogP contribution in [0.1, 0.15) is 45.6 Å². The van der Waals surface area contributed by atoms with Crippen LogP contribution in [0.25, 0.3) is 0 Å². The van der Waals surface area contributed by atoms with Gasteiger partial charge in [0.05, 0.1) is 4.47 Å². The highest BCUT2D eigenvalue weighted by Crippen LogP contribution is 2.32. The number of Topliss-reactive ketones (excluding diaryl/α,β-unsaturated/α-hetero) is 1. The summed E-state index contributed by atoms with van der Waals surface area (Å²) in [6, 6.07) is 4.73. The first-order valence-corrected chi connectivity index (χ1v) is 8.19. The van der Waals surface area contributed by atoms with Crippen molar-refractivity contribution in [3.8, 4) is 0 Å². The minimum Gasteiger partial charge on any atom is -0.330 e. The number of benzene rings is 1. The first kappa shape index (κ1) is 18.3. The van der Waals surface area contributed by atoms with Crippen LogP contribution >= 0.6 is 15.9 Å². The SMILES string of the molecule is CC(C)(C)C(CCN)CCC(=O)Cc1ccc(F)c(Br)c1. The van der Waals surface area contributed by atoms with Crippen molar-refractivity contribution in [1.29, 1.82) is 0 Å². The van der Waals surface area contributed by atoms with E-state index in [-0.39, 0.29) is 17.0 Å². The van der Waals surface area contributed by atoms with Crippen LogP contribution < -0.4 is 5.73 Å². The van der Waals surface area contributed by atoms with Gasteiger partial charge in [-0.3, -0.25) is 4.79 Å². The van der Waals surface area contributed by atoms with Gasteiger partial charge in [-0.25, -0.2) is 4.39 Å². The smallest absolute Gasteiger partial charge is 0.137 e. The van der Waals surface area contributed by atoms with Gasteiger partial charge < -0.3 is 5.73 Å². The lowest BCUT2D eigenvalue weighted by atomic mass is 9.76. The van der Waals surface area contributed by atoms with E-state index in [1.165, 1.54) is 6.07 Å². The van der Waals surface area contributed by atoms with Crippen molar-refractivity contribution in [2.45, 2.75) is 46.5 Å². The second-order valence-corrected chi connectivity index (χ2v) is 7.50. The van der Waals surface area contributed by atoms with Crippen LogP contribution in [-0.2, 0) is 11.2 Å². The molecule has 21 heavy (non-hydrogen) atoms. The maximum Gasteiger partial charge on any atom is 0.137 e. The Kier molecular flexibility index (Phi) is 7.01. The predicted octanol–water partition coefficient (Wildman–Crippen LogP) is 4.49. The van der Waals surface area contributed by atoms with E-state index in [4.69, 9.17) is 5.73 Å². The van der Waals surface area contributed by atoms with Crippen LogP contribution in [0.5, 0.6) is 0 Å². The molecule has 0 spiro atoms. The molecule has 2 nitrogen and oxygen atoms in total. The fourth-order valence-electron chi connectivity index (χ4n) is 2.51. The van der Waals surface area contributed by atoms with Gasteiger partial charge in [0.1, 0.15) is 11.6 Å². The van der Waals surface area contributed by atoms with Gasteiger partial charge in [-0.2, -0.15) is 0 Å². The van der Waals surface area contributed by atoms with Crippen LogP contribution in [0.15, 0.2) is 22.7 Å². The van der Waals surface area contributed by atoms with Crippen molar-refractivity contribution >= 4 is 21.7 Å². The quantitative estimate of drug-likeness (QED) is 0.780. The van der Waals surface area contributed by atoms with Crippen molar-refractivity contribution in [3.63, 3.8) is 0 Å². The van der Waals surface area contributed by atoms with E-state index in [9.17, 15) is 9.18 Å². The van der Waals surface area contributed by atoms with Gasteiger partial charge in [-0.1, -0.05) is 26.8 Å². The zero-order chi connectivity index (χ0) is 16.0. The van der Waals surface area contributed by atoms with Gasteiger partial charge in [0.15, 0.2) is 0 Å². The molecular formula is C17H25BrFNO. The number of hydrogen-bond donors (Lipinski definition) is 1. The molecule has 1 unspecified atom stereocenters. The molecule has 0 aliphatic heterocycles. The van der Waals surface area contributed by atoms with Crippen LogP contribution in [0.3, 0.4) is 0 Å². The summed E-state index contributed by atoms with van der Waals surface area (Å²) in [4.78, 5) is 12.1. The monoisotopic (exact) mass is 357 g/mol. The summed E-state index contributed by atoms with van der Waals surface area (Å²) in [5.74, 6) is 0.341. The van der Waals surface area contributed by atoms with Crippen molar-refractivity contribution in [2.24, 2.45) is 17.1 Å². The molecule has 118 valence electrons. The van der Waals surface area contributed by atoms with E-state index in [0.717, 1.165) is 18.4 Å². The molecule has 0 heterocycles. The third kappa shape index (κ3) is 6.27. The average Bonchev–Trinajstić information content (AvgIpc) is 2.37. The van der Waals surface area contributed by atoms with Gasteiger partial charge in [-0.05, 0) is 64.3 Å². The van der Waals surface area contributed by atoms with Gasteiger partial charge in [0.25, 0.3) is 0 Å². The Hall–Kier alpha value is -0.740. The Morgan fingerprint density at radius 1 is 1.33 bits per heavy atom. The second-order valence-electron chi connectivity index (χ2n) is 6.64. The molecule has 1 rings (SSSR count).